The van der Waals surface area contributed by atoms with E-state index in [2.05, 4.69) is 0 Å². The van der Waals surface area contributed by atoms with Crippen LogP contribution in [0.4, 0.5) is 5.69 Å². The molecule has 0 spiro atoms. The first kappa shape index (κ1) is 8.97. The zero-order chi connectivity index (χ0) is 9.97. The number of amides is 1. The number of nitrogens with zero attached hydrogens (tertiary/aromatic N) is 1. The molecular formula is C11H12N2O. The Morgan fingerprint density at radius 2 is 2.14 bits per heavy atom. The summed E-state index contributed by atoms with van der Waals surface area (Å²) in [4.78, 5) is 13.2. The smallest absolute Gasteiger partial charge is 0.251 e. The second kappa shape index (κ2) is 3.64. The van der Waals surface area contributed by atoms with Crippen LogP contribution in [0.15, 0.2) is 36.4 Å². The number of carbonyl (C=O) groups is 1. The van der Waals surface area contributed by atoms with Crippen LogP contribution in [-0.4, -0.2) is 12.5 Å². The summed E-state index contributed by atoms with van der Waals surface area (Å²) in [6, 6.07) is 7.72. The molecule has 2 N–H and O–H groups in total. The van der Waals surface area contributed by atoms with E-state index >= 15 is 0 Å². The average Bonchev–Trinajstić information content (AvgIpc) is 2.64. The van der Waals surface area contributed by atoms with E-state index in [1.807, 2.05) is 30.3 Å². The molecule has 0 saturated carbocycles. The molecule has 0 unspecified atom stereocenters. The van der Waals surface area contributed by atoms with Crippen molar-refractivity contribution in [2.75, 3.05) is 11.4 Å². The summed E-state index contributed by atoms with van der Waals surface area (Å²) >= 11 is 0. The van der Waals surface area contributed by atoms with Gasteiger partial charge in [-0.25, -0.2) is 0 Å². The van der Waals surface area contributed by atoms with Crippen molar-refractivity contribution in [1.29, 1.82) is 0 Å². The summed E-state index contributed by atoms with van der Waals surface area (Å²) in [5.41, 5.74) is 7.53. The molecule has 0 fully saturated rings. The van der Waals surface area contributed by atoms with Gasteiger partial charge in [0.25, 0.3) is 5.91 Å². The highest BCUT2D eigenvalue weighted by Gasteiger charge is 2.18. The van der Waals surface area contributed by atoms with Crippen LogP contribution >= 0.6 is 0 Å². The predicted octanol–water partition coefficient (Wildman–Crippen LogP) is 1.05. The van der Waals surface area contributed by atoms with E-state index in [0.717, 1.165) is 11.3 Å². The topological polar surface area (TPSA) is 46.3 Å². The molecule has 72 valence electrons. The fourth-order valence-corrected chi connectivity index (χ4v) is 1.60. The number of nitrogens with two attached hydrogens (primary N) is 1. The van der Waals surface area contributed by atoms with Crippen LogP contribution in [0.5, 0.6) is 0 Å². The number of hydrogen-bond donors (Lipinski definition) is 1. The molecule has 2 rings (SSSR count). The van der Waals surface area contributed by atoms with Crippen molar-refractivity contribution in [3.05, 3.63) is 42.0 Å². The quantitative estimate of drug-likeness (QED) is 0.754. The Labute approximate surface area is 82.8 Å². The Hall–Kier alpha value is -1.61. The van der Waals surface area contributed by atoms with Crippen LogP contribution in [0.2, 0.25) is 0 Å². The molecule has 3 heteroatoms. The van der Waals surface area contributed by atoms with Gasteiger partial charge in [-0.15, -0.1) is 0 Å². The normalized spacial score (nSPS) is 15.2. The van der Waals surface area contributed by atoms with Crippen molar-refractivity contribution in [2.24, 2.45) is 5.73 Å². The summed E-state index contributed by atoms with van der Waals surface area (Å²) < 4.78 is 0. The molecule has 1 heterocycles. The number of anilines is 1. The van der Waals surface area contributed by atoms with Crippen molar-refractivity contribution in [1.82, 2.24) is 0 Å². The Kier molecular flexibility index (Phi) is 2.33. The minimum absolute atomic E-state index is 0.0332. The Balaban J connectivity index is 2.36. The highest BCUT2D eigenvalue weighted by molar-refractivity contribution is 6.04. The van der Waals surface area contributed by atoms with Gasteiger partial charge in [-0.05, 0) is 11.6 Å². The van der Waals surface area contributed by atoms with Crippen molar-refractivity contribution >= 4 is 11.6 Å². The molecule has 0 atom stereocenters. The summed E-state index contributed by atoms with van der Waals surface area (Å²) in [6.07, 6.45) is 3.45. The Bertz CT molecular complexity index is 385. The SMILES string of the molecule is NCc1ccccc1N1CC=CC1=O. The minimum Gasteiger partial charge on any atom is -0.326 e. The van der Waals surface area contributed by atoms with E-state index in [0.29, 0.717) is 13.1 Å². The lowest BCUT2D eigenvalue weighted by Gasteiger charge is -2.18. The van der Waals surface area contributed by atoms with E-state index in [4.69, 9.17) is 5.73 Å². The van der Waals surface area contributed by atoms with E-state index < -0.39 is 0 Å². The van der Waals surface area contributed by atoms with E-state index in [9.17, 15) is 4.79 Å². The molecule has 0 saturated heterocycles. The van der Waals surface area contributed by atoms with Gasteiger partial charge in [0.2, 0.25) is 0 Å². The van der Waals surface area contributed by atoms with Gasteiger partial charge in [-0.3, -0.25) is 4.79 Å². The lowest BCUT2D eigenvalue weighted by molar-refractivity contribution is -0.113. The maximum Gasteiger partial charge on any atom is 0.251 e. The van der Waals surface area contributed by atoms with E-state index in [-0.39, 0.29) is 5.91 Å². The average molecular weight is 188 g/mol. The largest absolute Gasteiger partial charge is 0.326 e. The molecule has 1 aromatic rings. The Morgan fingerprint density at radius 1 is 1.36 bits per heavy atom. The number of rotatable bonds is 2. The first-order valence-corrected chi connectivity index (χ1v) is 4.59. The van der Waals surface area contributed by atoms with Gasteiger partial charge >= 0.3 is 0 Å². The van der Waals surface area contributed by atoms with Crippen LogP contribution in [-0.2, 0) is 11.3 Å². The van der Waals surface area contributed by atoms with Gasteiger partial charge in [0.1, 0.15) is 0 Å². The van der Waals surface area contributed by atoms with Gasteiger partial charge in [0.05, 0.1) is 0 Å². The summed E-state index contributed by atoms with van der Waals surface area (Å²) in [5.74, 6) is 0.0332. The summed E-state index contributed by atoms with van der Waals surface area (Å²) in [7, 11) is 0. The molecule has 0 aromatic heterocycles. The monoisotopic (exact) mass is 188 g/mol. The maximum atomic E-state index is 11.4. The number of para-hydroxylation sites is 1. The highest BCUT2D eigenvalue weighted by atomic mass is 16.2. The molecular weight excluding hydrogens is 176 g/mol. The second-order valence-electron chi connectivity index (χ2n) is 3.18. The lowest BCUT2D eigenvalue weighted by Crippen LogP contribution is -2.26. The van der Waals surface area contributed by atoms with Crippen LogP contribution < -0.4 is 10.6 Å². The lowest BCUT2D eigenvalue weighted by atomic mass is 10.1. The van der Waals surface area contributed by atoms with Crippen LogP contribution in [0.25, 0.3) is 0 Å². The molecule has 1 aliphatic heterocycles. The number of benzene rings is 1. The summed E-state index contributed by atoms with van der Waals surface area (Å²) in [6.45, 7) is 1.11. The van der Waals surface area contributed by atoms with Crippen molar-refractivity contribution in [3.63, 3.8) is 0 Å². The number of carbonyl (C=O) groups excluding carboxylic acids is 1. The predicted molar refractivity (Wildman–Crippen MR) is 55.8 cm³/mol. The zero-order valence-electron chi connectivity index (χ0n) is 7.81. The molecule has 0 radical (unpaired) electrons. The Morgan fingerprint density at radius 3 is 2.79 bits per heavy atom. The third-order valence-corrected chi connectivity index (χ3v) is 2.32. The molecule has 1 aromatic carbocycles. The van der Waals surface area contributed by atoms with E-state index in [1.54, 1.807) is 11.0 Å². The summed E-state index contributed by atoms with van der Waals surface area (Å²) in [5, 5.41) is 0. The van der Waals surface area contributed by atoms with Crippen molar-refractivity contribution in [2.45, 2.75) is 6.54 Å². The van der Waals surface area contributed by atoms with Gasteiger partial charge < -0.3 is 10.6 Å². The van der Waals surface area contributed by atoms with Gasteiger partial charge in [-0.2, -0.15) is 0 Å². The first-order chi connectivity index (χ1) is 6.83. The molecule has 1 aliphatic rings. The van der Waals surface area contributed by atoms with Gasteiger partial charge in [0.15, 0.2) is 0 Å². The van der Waals surface area contributed by atoms with Crippen LogP contribution in [0.1, 0.15) is 5.56 Å². The van der Waals surface area contributed by atoms with Crippen molar-refractivity contribution < 1.29 is 4.79 Å². The molecule has 3 nitrogen and oxygen atoms in total. The number of hydrogen-bond acceptors (Lipinski definition) is 2. The van der Waals surface area contributed by atoms with Crippen LogP contribution in [0.3, 0.4) is 0 Å². The standard InChI is InChI=1S/C11H12N2O/c12-8-9-4-1-2-5-10(9)13-7-3-6-11(13)14/h1-6H,7-8,12H2. The fraction of sp³-hybridized carbons (Fsp3) is 0.182. The molecule has 0 aliphatic carbocycles. The van der Waals surface area contributed by atoms with Crippen molar-refractivity contribution in [3.8, 4) is 0 Å². The molecule has 14 heavy (non-hydrogen) atoms. The minimum atomic E-state index is 0.0332. The zero-order valence-corrected chi connectivity index (χ0v) is 7.81. The molecule has 1 amide bonds. The van der Waals surface area contributed by atoms with Crippen LogP contribution in [0, 0.1) is 0 Å². The van der Waals surface area contributed by atoms with Gasteiger partial charge in [0, 0.05) is 24.9 Å². The van der Waals surface area contributed by atoms with Gasteiger partial charge in [-0.1, -0.05) is 24.3 Å². The second-order valence-corrected chi connectivity index (χ2v) is 3.18. The third kappa shape index (κ3) is 1.42. The maximum absolute atomic E-state index is 11.4. The fourth-order valence-electron chi connectivity index (χ4n) is 1.60. The first-order valence-electron chi connectivity index (χ1n) is 4.59. The third-order valence-electron chi connectivity index (χ3n) is 2.32. The van der Waals surface area contributed by atoms with E-state index in [1.165, 1.54) is 0 Å². The highest BCUT2D eigenvalue weighted by Crippen LogP contribution is 2.22. The molecule has 0 bridgehead atoms.